The molecule has 1 aromatic rings. The van der Waals surface area contributed by atoms with Crippen molar-refractivity contribution >= 4 is 21.9 Å². The second-order valence-electron chi connectivity index (χ2n) is 3.76. The maximum absolute atomic E-state index is 11.1. The quantitative estimate of drug-likeness (QED) is 0.911. The first-order valence-electron chi connectivity index (χ1n) is 4.96. The van der Waals surface area contributed by atoms with Gasteiger partial charge in [0.1, 0.15) is 0 Å². The molecule has 0 heterocycles. The molecule has 1 aromatic carbocycles. The molecule has 0 fully saturated rings. The second kappa shape index (κ2) is 4.79. The predicted octanol–water partition coefficient (Wildman–Crippen LogP) is 3.64. The Hall–Kier alpha value is -0.830. The van der Waals surface area contributed by atoms with E-state index in [0.717, 1.165) is 21.2 Å². The lowest BCUT2D eigenvalue weighted by atomic mass is 9.92. The van der Waals surface area contributed by atoms with Gasteiger partial charge in [0.15, 0.2) is 0 Å². The molecule has 0 aliphatic carbocycles. The molecule has 0 amide bonds. The van der Waals surface area contributed by atoms with E-state index in [1.807, 2.05) is 32.9 Å². The average Bonchev–Trinajstić information content (AvgIpc) is 2.14. The maximum Gasteiger partial charge on any atom is 0.310 e. The van der Waals surface area contributed by atoms with Crippen LogP contribution in [0.25, 0.3) is 0 Å². The van der Waals surface area contributed by atoms with E-state index in [-0.39, 0.29) is 0 Å². The highest BCUT2D eigenvalue weighted by molar-refractivity contribution is 9.10. The van der Waals surface area contributed by atoms with Crippen molar-refractivity contribution in [1.29, 1.82) is 0 Å². The summed E-state index contributed by atoms with van der Waals surface area (Å²) in [4.78, 5) is 11.1. The molecule has 0 saturated heterocycles. The molecule has 0 radical (unpaired) electrons. The molecule has 0 bridgehead atoms. The summed E-state index contributed by atoms with van der Waals surface area (Å²) in [6.07, 6.45) is 0.617. The van der Waals surface area contributed by atoms with Gasteiger partial charge in [0.2, 0.25) is 0 Å². The average molecular weight is 271 g/mol. The van der Waals surface area contributed by atoms with Gasteiger partial charge in [-0.1, -0.05) is 28.9 Å². The molecule has 0 aliphatic heterocycles. The summed E-state index contributed by atoms with van der Waals surface area (Å²) in [5, 5.41) is 9.10. The van der Waals surface area contributed by atoms with Crippen LogP contribution in [0.3, 0.4) is 0 Å². The molecular formula is C12H15BrO2. The molecule has 1 atom stereocenters. The van der Waals surface area contributed by atoms with Crippen LogP contribution in [0, 0.1) is 13.8 Å². The summed E-state index contributed by atoms with van der Waals surface area (Å²) in [6.45, 7) is 5.86. The number of benzene rings is 1. The summed E-state index contributed by atoms with van der Waals surface area (Å²) in [5.74, 6) is -1.15. The monoisotopic (exact) mass is 270 g/mol. The summed E-state index contributed by atoms with van der Waals surface area (Å²) >= 11 is 3.43. The Morgan fingerprint density at radius 1 is 1.40 bits per heavy atom. The molecule has 1 unspecified atom stereocenters. The van der Waals surface area contributed by atoms with Gasteiger partial charge in [-0.2, -0.15) is 0 Å². The van der Waals surface area contributed by atoms with Gasteiger partial charge in [-0.05, 0) is 43.0 Å². The Balaban J connectivity index is 3.24. The molecular weight excluding hydrogens is 256 g/mol. The Kier molecular flexibility index (Phi) is 3.91. The topological polar surface area (TPSA) is 37.3 Å². The van der Waals surface area contributed by atoms with E-state index < -0.39 is 11.9 Å². The number of carboxylic acid groups (broad SMARTS) is 1. The van der Waals surface area contributed by atoms with Crippen molar-refractivity contribution in [3.8, 4) is 0 Å². The molecule has 0 aliphatic rings. The minimum Gasteiger partial charge on any atom is -0.481 e. The zero-order valence-corrected chi connectivity index (χ0v) is 10.8. The number of aryl methyl sites for hydroxylation is 2. The molecule has 0 saturated carbocycles. The first kappa shape index (κ1) is 12.2. The van der Waals surface area contributed by atoms with Gasteiger partial charge < -0.3 is 5.11 Å². The fourth-order valence-electron chi connectivity index (χ4n) is 1.74. The van der Waals surface area contributed by atoms with Crippen molar-refractivity contribution in [3.05, 3.63) is 33.3 Å². The van der Waals surface area contributed by atoms with Gasteiger partial charge in [0.25, 0.3) is 0 Å². The highest BCUT2D eigenvalue weighted by atomic mass is 79.9. The highest BCUT2D eigenvalue weighted by Gasteiger charge is 2.20. The number of hydrogen-bond acceptors (Lipinski definition) is 1. The fraction of sp³-hybridized carbons (Fsp3) is 0.417. The molecule has 3 heteroatoms. The lowest BCUT2D eigenvalue weighted by Gasteiger charge is -2.14. The van der Waals surface area contributed by atoms with Gasteiger partial charge in [-0.3, -0.25) is 4.79 Å². The Morgan fingerprint density at radius 2 is 2.00 bits per heavy atom. The van der Waals surface area contributed by atoms with Crippen LogP contribution >= 0.6 is 15.9 Å². The third kappa shape index (κ3) is 2.59. The van der Waals surface area contributed by atoms with E-state index in [1.165, 1.54) is 0 Å². The molecule has 1 rings (SSSR count). The van der Waals surface area contributed by atoms with Crippen LogP contribution < -0.4 is 0 Å². The van der Waals surface area contributed by atoms with Crippen molar-refractivity contribution in [2.24, 2.45) is 0 Å². The molecule has 1 N–H and O–H groups in total. The van der Waals surface area contributed by atoms with E-state index in [1.54, 1.807) is 0 Å². The zero-order chi connectivity index (χ0) is 11.6. The van der Waals surface area contributed by atoms with Crippen LogP contribution in [0.4, 0.5) is 0 Å². The van der Waals surface area contributed by atoms with Gasteiger partial charge in [-0.25, -0.2) is 0 Å². The number of halogens is 1. The predicted molar refractivity (Wildman–Crippen MR) is 64.3 cm³/mol. The Bertz CT molecular complexity index is 385. The molecule has 2 nitrogen and oxygen atoms in total. The van der Waals surface area contributed by atoms with Gasteiger partial charge in [0.05, 0.1) is 5.92 Å². The largest absolute Gasteiger partial charge is 0.481 e. The lowest BCUT2D eigenvalue weighted by Crippen LogP contribution is -2.12. The Labute approximate surface area is 98.4 Å². The molecule has 0 spiro atoms. The summed E-state index contributed by atoms with van der Waals surface area (Å²) in [7, 11) is 0. The maximum atomic E-state index is 11.1. The van der Waals surface area contributed by atoms with Crippen LogP contribution in [-0.4, -0.2) is 11.1 Å². The number of carbonyl (C=O) groups is 1. The Morgan fingerprint density at radius 3 is 2.47 bits per heavy atom. The first-order chi connectivity index (χ1) is 6.97. The van der Waals surface area contributed by atoms with Crippen molar-refractivity contribution in [3.63, 3.8) is 0 Å². The van der Waals surface area contributed by atoms with Crippen LogP contribution in [0.15, 0.2) is 16.6 Å². The SMILES string of the molecule is CCC(C(=O)O)c1cc(Br)c(C)cc1C. The highest BCUT2D eigenvalue weighted by Crippen LogP contribution is 2.28. The fourth-order valence-corrected chi connectivity index (χ4v) is 2.11. The smallest absolute Gasteiger partial charge is 0.310 e. The summed E-state index contributed by atoms with van der Waals surface area (Å²) in [5.41, 5.74) is 3.09. The van der Waals surface area contributed by atoms with E-state index in [2.05, 4.69) is 15.9 Å². The molecule has 0 aromatic heterocycles. The van der Waals surface area contributed by atoms with Crippen molar-refractivity contribution in [2.45, 2.75) is 33.1 Å². The van der Waals surface area contributed by atoms with Crippen molar-refractivity contribution in [2.75, 3.05) is 0 Å². The number of hydrogen-bond donors (Lipinski definition) is 1. The zero-order valence-electron chi connectivity index (χ0n) is 9.17. The van der Waals surface area contributed by atoms with E-state index >= 15 is 0 Å². The minimum absolute atomic E-state index is 0.401. The van der Waals surface area contributed by atoms with Crippen LogP contribution in [0.1, 0.15) is 36.0 Å². The van der Waals surface area contributed by atoms with Crippen molar-refractivity contribution < 1.29 is 9.90 Å². The third-order valence-electron chi connectivity index (χ3n) is 2.63. The second-order valence-corrected chi connectivity index (χ2v) is 4.61. The van der Waals surface area contributed by atoms with Gasteiger partial charge in [-0.15, -0.1) is 0 Å². The molecule has 82 valence electrons. The lowest BCUT2D eigenvalue weighted by molar-refractivity contribution is -0.138. The van der Waals surface area contributed by atoms with Crippen molar-refractivity contribution in [1.82, 2.24) is 0 Å². The van der Waals surface area contributed by atoms with E-state index in [4.69, 9.17) is 5.11 Å². The number of aliphatic carboxylic acids is 1. The van der Waals surface area contributed by atoms with Crippen LogP contribution in [0.2, 0.25) is 0 Å². The molecule has 15 heavy (non-hydrogen) atoms. The van der Waals surface area contributed by atoms with Gasteiger partial charge in [0, 0.05) is 4.47 Å². The number of rotatable bonds is 3. The first-order valence-corrected chi connectivity index (χ1v) is 5.76. The van der Waals surface area contributed by atoms with E-state index in [0.29, 0.717) is 6.42 Å². The minimum atomic E-state index is -0.753. The van der Waals surface area contributed by atoms with Crippen LogP contribution in [-0.2, 0) is 4.79 Å². The van der Waals surface area contributed by atoms with E-state index in [9.17, 15) is 4.79 Å². The number of carboxylic acids is 1. The van der Waals surface area contributed by atoms with Crippen LogP contribution in [0.5, 0.6) is 0 Å². The van der Waals surface area contributed by atoms with Gasteiger partial charge >= 0.3 is 5.97 Å². The summed E-state index contributed by atoms with van der Waals surface area (Å²) < 4.78 is 0.975. The third-order valence-corrected chi connectivity index (χ3v) is 3.48. The normalized spacial score (nSPS) is 12.5. The summed E-state index contributed by atoms with van der Waals surface area (Å²) in [6, 6.07) is 3.94. The standard InChI is InChI=1S/C12H15BrO2/c1-4-9(12(14)15)10-6-11(13)8(3)5-7(10)2/h5-6,9H,4H2,1-3H3,(H,14,15).